The molecule has 8 heteroatoms. The van der Waals surface area contributed by atoms with Crippen LogP contribution in [0, 0.1) is 0 Å². The number of ether oxygens (including phenoxy) is 2. The number of aromatic nitrogens is 1. The average molecular weight is 475 g/mol. The van der Waals surface area contributed by atoms with Gasteiger partial charge in [-0.3, -0.25) is 4.79 Å². The van der Waals surface area contributed by atoms with Crippen molar-refractivity contribution < 1.29 is 18.7 Å². The summed E-state index contributed by atoms with van der Waals surface area (Å²) in [5.41, 5.74) is 0.531. The molecule has 34 heavy (non-hydrogen) atoms. The minimum Gasteiger partial charge on any atom is -0.494 e. The molecule has 0 saturated carbocycles. The van der Waals surface area contributed by atoms with Gasteiger partial charge in [-0.25, -0.2) is 4.79 Å². The highest BCUT2D eigenvalue weighted by molar-refractivity contribution is 7.16. The van der Waals surface area contributed by atoms with Gasteiger partial charge in [-0.15, -0.1) is 0 Å². The van der Waals surface area contributed by atoms with Crippen molar-refractivity contribution in [3.8, 4) is 5.75 Å². The first kappa shape index (κ1) is 22.1. The monoisotopic (exact) mass is 474 g/mol. The molecule has 5 rings (SSSR count). The molecule has 2 heterocycles. The number of fused-ring (bicyclic) bond motifs is 4. The van der Waals surface area contributed by atoms with Gasteiger partial charge in [-0.05, 0) is 48.0 Å². The van der Waals surface area contributed by atoms with E-state index in [9.17, 15) is 9.59 Å². The molecule has 0 atom stereocenters. The second-order valence-corrected chi connectivity index (χ2v) is 8.66. The highest BCUT2D eigenvalue weighted by Gasteiger charge is 2.16. The van der Waals surface area contributed by atoms with Gasteiger partial charge in [-0.1, -0.05) is 41.7 Å². The number of carbonyl (C=O) groups excluding carboxylic acids is 1. The maximum absolute atomic E-state index is 13.2. The van der Waals surface area contributed by atoms with Gasteiger partial charge in [0.05, 0.1) is 23.4 Å². The van der Waals surface area contributed by atoms with E-state index in [1.54, 1.807) is 19.2 Å². The van der Waals surface area contributed by atoms with Gasteiger partial charge >= 0.3 is 5.63 Å². The van der Waals surface area contributed by atoms with Crippen LogP contribution in [0.25, 0.3) is 32.0 Å². The van der Waals surface area contributed by atoms with Crippen LogP contribution in [0.5, 0.6) is 5.75 Å². The van der Waals surface area contributed by atoms with E-state index in [4.69, 9.17) is 13.9 Å². The molecule has 0 saturated heterocycles. The van der Waals surface area contributed by atoms with Crippen LogP contribution < -0.4 is 15.2 Å². The van der Waals surface area contributed by atoms with Gasteiger partial charge in [0, 0.05) is 19.0 Å². The Kier molecular flexibility index (Phi) is 6.00. The Morgan fingerprint density at radius 3 is 2.76 bits per heavy atom. The van der Waals surface area contributed by atoms with Gasteiger partial charge in [0.15, 0.2) is 4.80 Å². The van der Waals surface area contributed by atoms with E-state index in [1.165, 1.54) is 11.3 Å². The van der Waals surface area contributed by atoms with Crippen molar-refractivity contribution >= 4 is 49.2 Å². The van der Waals surface area contributed by atoms with E-state index >= 15 is 0 Å². The zero-order chi connectivity index (χ0) is 23.7. The van der Waals surface area contributed by atoms with Crippen LogP contribution in [0.15, 0.2) is 74.9 Å². The first-order valence-electron chi connectivity index (χ1n) is 10.9. The molecule has 0 aliphatic carbocycles. The summed E-state index contributed by atoms with van der Waals surface area (Å²) in [7, 11) is 1.62. The van der Waals surface area contributed by atoms with Gasteiger partial charge < -0.3 is 18.5 Å². The summed E-state index contributed by atoms with van der Waals surface area (Å²) < 4.78 is 19.2. The molecule has 0 unspecified atom stereocenters. The third-order valence-corrected chi connectivity index (χ3v) is 6.59. The van der Waals surface area contributed by atoms with Crippen LogP contribution >= 0.6 is 11.3 Å². The van der Waals surface area contributed by atoms with E-state index in [1.807, 2.05) is 60.0 Å². The molecule has 0 bridgehead atoms. The molecule has 0 spiro atoms. The fourth-order valence-electron chi connectivity index (χ4n) is 3.96. The summed E-state index contributed by atoms with van der Waals surface area (Å²) in [4.78, 5) is 30.7. The first-order chi connectivity index (χ1) is 16.6. The quantitative estimate of drug-likeness (QED) is 0.262. The molecule has 2 aromatic heterocycles. The van der Waals surface area contributed by atoms with Gasteiger partial charge in [0.2, 0.25) is 0 Å². The Morgan fingerprint density at radius 1 is 1.09 bits per heavy atom. The fourth-order valence-corrected chi connectivity index (χ4v) is 5.04. The Hall–Kier alpha value is -3.75. The zero-order valence-electron chi connectivity index (χ0n) is 18.7. The number of thiazole rings is 1. The Bertz CT molecular complexity index is 1660. The highest BCUT2D eigenvalue weighted by Crippen LogP contribution is 2.26. The number of methoxy groups -OCH3 is 1. The average Bonchev–Trinajstić information content (AvgIpc) is 3.18. The van der Waals surface area contributed by atoms with Crippen LogP contribution in [0.3, 0.4) is 0 Å². The second kappa shape index (κ2) is 9.24. The van der Waals surface area contributed by atoms with E-state index in [-0.39, 0.29) is 5.56 Å². The highest BCUT2D eigenvalue weighted by atomic mass is 32.1. The second-order valence-electron chi connectivity index (χ2n) is 7.65. The maximum Gasteiger partial charge on any atom is 0.349 e. The first-order valence-corrected chi connectivity index (χ1v) is 11.7. The van der Waals surface area contributed by atoms with Gasteiger partial charge in [0.25, 0.3) is 5.91 Å². The summed E-state index contributed by atoms with van der Waals surface area (Å²) >= 11 is 1.36. The van der Waals surface area contributed by atoms with Crippen molar-refractivity contribution in [2.45, 2.75) is 13.5 Å². The SMILES string of the molecule is CCOc1ccc2c(c1)sc(=NC(=O)c1cc3c(ccc4ccccc43)oc1=O)n2CCOC. The lowest BCUT2D eigenvalue weighted by Gasteiger charge is -2.06. The minimum absolute atomic E-state index is 0.102. The summed E-state index contributed by atoms with van der Waals surface area (Å²) in [5, 5.41) is 2.59. The molecule has 172 valence electrons. The van der Waals surface area contributed by atoms with Crippen molar-refractivity contribution in [2.24, 2.45) is 4.99 Å². The molecule has 3 aromatic carbocycles. The molecule has 5 aromatic rings. The van der Waals surface area contributed by atoms with Crippen LogP contribution in [0.1, 0.15) is 17.3 Å². The summed E-state index contributed by atoms with van der Waals surface area (Å²) in [6.07, 6.45) is 0. The molecule has 0 aliphatic heterocycles. The number of hydrogen-bond donors (Lipinski definition) is 0. The standard InChI is InChI=1S/C26H22N2O5S/c1-3-32-17-9-10-21-23(14-17)34-26(28(21)12-13-31-2)27-24(29)20-15-19-18-7-5-4-6-16(18)8-11-22(19)33-25(20)30/h4-11,14-15H,3,12-13H2,1-2H3. The van der Waals surface area contributed by atoms with Crippen molar-refractivity contribution in [3.63, 3.8) is 0 Å². The molecule has 0 aliphatic rings. The lowest BCUT2D eigenvalue weighted by molar-refractivity contribution is 0.0994. The maximum atomic E-state index is 13.2. The number of benzene rings is 3. The third-order valence-electron chi connectivity index (χ3n) is 5.55. The predicted octanol–water partition coefficient (Wildman–Crippen LogP) is 4.75. The normalized spacial score (nSPS) is 12.1. The molecule has 0 N–H and O–H groups in total. The largest absolute Gasteiger partial charge is 0.494 e. The minimum atomic E-state index is -0.709. The summed E-state index contributed by atoms with van der Waals surface area (Å²) in [6.45, 7) is 3.44. The van der Waals surface area contributed by atoms with Crippen molar-refractivity contribution in [1.82, 2.24) is 4.57 Å². The van der Waals surface area contributed by atoms with E-state index < -0.39 is 11.5 Å². The molecule has 7 nitrogen and oxygen atoms in total. The lowest BCUT2D eigenvalue weighted by Crippen LogP contribution is -2.21. The topological polar surface area (TPSA) is 83.0 Å². The molecular weight excluding hydrogens is 452 g/mol. The Labute approximate surface area is 198 Å². The van der Waals surface area contributed by atoms with Crippen molar-refractivity contribution in [2.75, 3.05) is 20.3 Å². The number of nitrogens with zero attached hydrogens (tertiary/aromatic N) is 2. The van der Waals surface area contributed by atoms with E-state index in [0.717, 1.165) is 26.7 Å². The number of hydrogen-bond acceptors (Lipinski definition) is 6. The third kappa shape index (κ3) is 4.02. The summed E-state index contributed by atoms with van der Waals surface area (Å²) in [5.74, 6) is 0.0985. The smallest absolute Gasteiger partial charge is 0.349 e. The predicted molar refractivity (Wildman–Crippen MR) is 133 cm³/mol. The lowest BCUT2D eigenvalue weighted by atomic mass is 10.0. The van der Waals surface area contributed by atoms with Crippen LogP contribution in [-0.4, -0.2) is 30.8 Å². The van der Waals surface area contributed by atoms with Crippen LogP contribution in [0.4, 0.5) is 0 Å². The zero-order valence-corrected chi connectivity index (χ0v) is 19.6. The molecule has 0 radical (unpaired) electrons. The number of amides is 1. The summed E-state index contributed by atoms with van der Waals surface area (Å²) in [6, 6.07) is 18.7. The van der Waals surface area contributed by atoms with Crippen LogP contribution in [-0.2, 0) is 11.3 Å². The molecule has 1 amide bonds. The molecular formula is C26H22N2O5S. The van der Waals surface area contributed by atoms with Crippen molar-refractivity contribution in [3.05, 3.63) is 81.4 Å². The van der Waals surface area contributed by atoms with E-state index in [0.29, 0.717) is 35.5 Å². The van der Waals surface area contributed by atoms with Gasteiger partial charge in [0.1, 0.15) is 16.9 Å². The fraction of sp³-hybridized carbons (Fsp3) is 0.192. The van der Waals surface area contributed by atoms with Gasteiger partial charge in [-0.2, -0.15) is 4.99 Å². The van der Waals surface area contributed by atoms with Crippen molar-refractivity contribution in [1.29, 1.82) is 0 Å². The van der Waals surface area contributed by atoms with E-state index in [2.05, 4.69) is 4.99 Å². The van der Waals surface area contributed by atoms with Crippen LogP contribution in [0.2, 0.25) is 0 Å². The Balaban J connectivity index is 1.66. The molecule has 0 fully saturated rings. The number of carbonyl (C=O) groups is 1. The Morgan fingerprint density at radius 2 is 1.94 bits per heavy atom. The number of rotatable bonds is 6.